The lowest BCUT2D eigenvalue weighted by atomic mass is 10.0. The number of nitrogens with one attached hydrogen (secondary N) is 2. The highest BCUT2D eigenvalue weighted by Gasteiger charge is 2.19. The fraction of sp³-hybridized carbons (Fsp3) is 0.194. The topological polar surface area (TPSA) is 73.5 Å². The predicted molar refractivity (Wildman–Crippen MR) is 150 cm³/mol. The maximum atomic E-state index is 14.0. The lowest BCUT2D eigenvalue weighted by Crippen LogP contribution is -2.18. The number of allylic oxidation sites excluding steroid dienone is 2. The molecular weight excluding hydrogens is 475 g/mol. The second kappa shape index (κ2) is 10.2. The monoisotopic (exact) mass is 504 g/mol. The molecule has 1 aliphatic heterocycles. The number of likely N-dealkylation sites (tertiary alicyclic amines) is 1. The van der Waals surface area contributed by atoms with Crippen LogP contribution in [-0.4, -0.2) is 43.1 Å². The molecule has 0 unspecified atom stereocenters. The Morgan fingerprint density at radius 3 is 2.76 bits per heavy atom. The van der Waals surface area contributed by atoms with Crippen molar-refractivity contribution in [2.75, 3.05) is 13.1 Å². The van der Waals surface area contributed by atoms with Crippen molar-refractivity contribution >= 4 is 16.5 Å². The largest absolute Gasteiger partial charge is 0.340 e. The van der Waals surface area contributed by atoms with Gasteiger partial charge in [0.05, 0.1) is 11.2 Å². The number of pyridine rings is 1. The molecule has 4 heterocycles. The number of aromatic amines is 2. The molecule has 1 aliphatic rings. The molecule has 190 valence electrons. The Morgan fingerprint density at radius 1 is 1.08 bits per heavy atom. The van der Waals surface area contributed by atoms with Crippen LogP contribution in [0.5, 0.6) is 0 Å². The highest BCUT2D eigenvalue weighted by atomic mass is 19.1. The molecule has 6 nitrogen and oxygen atoms in total. The first kappa shape index (κ1) is 24.0. The zero-order chi connectivity index (χ0) is 26.1. The van der Waals surface area contributed by atoms with Crippen molar-refractivity contribution in [3.8, 4) is 22.6 Å². The van der Waals surface area contributed by atoms with Gasteiger partial charge in [0, 0.05) is 41.2 Å². The number of rotatable bonds is 7. The molecule has 0 saturated carbocycles. The second-order valence-corrected chi connectivity index (χ2v) is 9.78. The number of H-pyrrole nitrogens is 2. The summed E-state index contributed by atoms with van der Waals surface area (Å²) < 4.78 is 14.0. The minimum Gasteiger partial charge on any atom is -0.340 e. The Morgan fingerprint density at radius 2 is 1.95 bits per heavy atom. The molecule has 0 atom stereocenters. The van der Waals surface area contributed by atoms with Crippen LogP contribution in [0.15, 0.2) is 79.7 Å². The van der Waals surface area contributed by atoms with Crippen molar-refractivity contribution in [3.63, 3.8) is 0 Å². The third kappa shape index (κ3) is 4.68. The summed E-state index contributed by atoms with van der Waals surface area (Å²) in [7, 11) is 0. The predicted octanol–water partition coefficient (Wildman–Crippen LogP) is 6.68. The molecule has 0 radical (unpaired) electrons. The minimum atomic E-state index is -0.296. The molecule has 2 aromatic carbocycles. The van der Waals surface area contributed by atoms with Gasteiger partial charge in [-0.2, -0.15) is 5.10 Å². The highest BCUT2D eigenvalue weighted by molar-refractivity contribution is 5.94. The molecule has 6 rings (SSSR count). The number of imidazole rings is 1. The van der Waals surface area contributed by atoms with Crippen LogP contribution in [0.3, 0.4) is 0 Å². The summed E-state index contributed by atoms with van der Waals surface area (Å²) in [6.07, 6.45) is 9.96. The van der Waals surface area contributed by atoms with Gasteiger partial charge in [0.25, 0.3) is 0 Å². The molecule has 2 N–H and O–H groups in total. The summed E-state index contributed by atoms with van der Waals surface area (Å²) in [5.74, 6) is 0.351. The lowest BCUT2D eigenvalue weighted by molar-refractivity contribution is 0.331. The van der Waals surface area contributed by atoms with Crippen molar-refractivity contribution in [1.82, 2.24) is 30.0 Å². The molecular formula is C31H29FN6. The van der Waals surface area contributed by atoms with Gasteiger partial charge in [0.2, 0.25) is 0 Å². The normalized spacial score (nSPS) is 14.4. The number of hydrogen-bond acceptors (Lipinski definition) is 4. The molecule has 0 aliphatic carbocycles. The van der Waals surface area contributed by atoms with E-state index in [0.717, 1.165) is 69.9 Å². The Labute approximate surface area is 221 Å². The Kier molecular flexibility index (Phi) is 6.43. The fourth-order valence-electron chi connectivity index (χ4n) is 5.23. The van der Waals surface area contributed by atoms with Crippen molar-refractivity contribution in [2.45, 2.75) is 26.3 Å². The van der Waals surface area contributed by atoms with Crippen molar-refractivity contribution in [2.24, 2.45) is 0 Å². The Bertz CT molecular complexity index is 1650. The minimum absolute atomic E-state index is 0.296. The van der Waals surface area contributed by atoms with Crippen LogP contribution in [0.1, 0.15) is 35.4 Å². The Hall–Kier alpha value is -4.36. The molecule has 1 saturated heterocycles. The van der Waals surface area contributed by atoms with E-state index in [1.165, 1.54) is 30.5 Å². The smallest absolute Gasteiger partial charge is 0.159 e. The van der Waals surface area contributed by atoms with Crippen molar-refractivity contribution < 1.29 is 4.39 Å². The first-order chi connectivity index (χ1) is 18.6. The number of nitrogens with zero attached hydrogens (tertiary/aromatic N) is 4. The first-order valence-corrected chi connectivity index (χ1v) is 12.9. The van der Waals surface area contributed by atoms with Crippen LogP contribution in [0.25, 0.3) is 39.1 Å². The van der Waals surface area contributed by atoms with E-state index in [1.54, 1.807) is 12.1 Å². The average molecular weight is 505 g/mol. The number of benzene rings is 2. The summed E-state index contributed by atoms with van der Waals surface area (Å²) in [6, 6.07) is 15.0. The van der Waals surface area contributed by atoms with E-state index in [-0.39, 0.29) is 5.82 Å². The standard InChI is InChI=1S/C31H29FN6/c1-3-7-26(23-8-6-9-25(32)15-23)29-20(2)34-31(35-29)30-27-16-22(10-11-28(27)36-37-30)24-14-21(17-33-18-24)19-38-12-4-5-13-38/h3,6-11,14-18H,1,4-5,12-13,19H2,2H3,(H,34,35)(H,36,37)/b26-7-. The van der Waals surface area contributed by atoms with Gasteiger partial charge in [-0.05, 0) is 79.9 Å². The first-order valence-electron chi connectivity index (χ1n) is 12.9. The van der Waals surface area contributed by atoms with E-state index in [2.05, 4.69) is 49.8 Å². The van der Waals surface area contributed by atoms with Gasteiger partial charge in [-0.3, -0.25) is 15.0 Å². The fourth-order valence-corrected chi connectivity index (χ4v) is 5.23. The van der Waals surface area contributed by atoms with Gasteiger partial charge in [-0.1, -0.05) is 36.9 Å². The second-order valence-electron chi connectivity index (χ2n) is 9.78. The van der Waals surface area contributed by atoms with Crippen molar-refractivity contribution in [1.29, 1.82) is 0 Å². The third-order valence-corrected chi connectivity index (χ3v) is 7.08. The van der Waals surface area contributed by atoms with Crippen LogP contribution in [-0.2, 0) is 6.54 Å². The van der Waals surface area contributed by atoms with Crippen LogP contribution in [0.4, 0.5) is 4.39 Å². The summed E-state index contributed by atoms with van der Waals surface area (Å²) in [5, 5.41) is 8.69. The van der Waals surface area contributed by atoms with Gasteiger partial charge in [0.1, 0.15) is 11.5 Å². The van der Waals surface area contributed by atoms with Gasteiger partial charge in [-0.25, -0.2) is 9.37 Å². The van der Waals surface area contributed by atoms with Crippen LogP contribution >= 0.6 is 0 Å². The molecule has 1 fully saturated rings. The summed E-state index contributed by atoms with van der Waals surface area (Å²) >= 11 is 0. The molecule has 0 spiro atoms. The average Bonchev–Trinajstić information content (AvgIpc) is 3.67. The summed E-state index contributed by atoms with van der Waals surface area (Å²) in [4.78, 5) is 15.3. The third-order valence-electron chi connectivity index (χ3n) is 7.08. The maximum Gasteiger partial charge on any atom is 0.159 e. The van der Waals surface area contributed by atoms with Crippen LogP contribution < -0.4 is 0 Å². The number of aromatic nitrogens is 5. The number of aryl methyl sites for hydroxylation is 1. The quantitative estimate of drug-likeness (QED) is 0.243. The van der Waals surface area contributed by atoms with Crippen molar-refractivity contribution in [3.05, 3.63) is 108 Å². The number of fused-ring (bicyclic) bond motifs is 1. The van der Waals surface area contributed by atoms with E-state index in [4.69, 9.17) is 4.98 Å². The maximum absolute atomic E-state index is 14.0. The van der Waals surface area contributed by atoms with Gasteiger partial charge in [0.15, 0.2) is 5.82 Å². The molecule has 5 aromatic rings. The molecule has 0 amide bonds. The van der Waals surface area contributed by atoms with E-state index < -0.39 is 0 Å². The lowest BCUT2D eigenvalue weighted by Gasteiger charge is -2.14. The zero-order valence-electron chi connectivity index (χ0n) is 21.3. The van der Waals surface area contributed by atoms with Crippen LogP contribution in [0.2, 0.25) is 0 Å². The van der Waals surface area contributed by atoms with E-state index >= 15 is 0 Å². The van der Waals surface area contributed by atoms with Gasteiger partial charge >= 0.3 is 0 Å². The number of halogens is 1. The highest BCUT2D eigenvalue weighted by Crippen LogP contribution is 2.32. The van der Waals surface area contributed by atoms with Crippen LogP contribution in [0, 0.1) is 12.7 Å². The Balaban J connectivity index is 1.37. The molecule has 7 heteroatoms. The van der Waals surface area contributed by atoms with E-state index in [9.17, 15) is 4.39 Å². The summed E-state index contributed by atoms with van der Waals surface area (Å²) in [6.45, 7) is 9.04. The van der Waals surface area contributed by atoms with Gasteiger partial charge < -0.3 is 4.98 Å². The molecule has 0 bridgehead atoms. The molecule has 3 aromatic heterocycles. The number of hydrogen-bond donors (Lipinski definition) is 2. The van der Waals surface area contributed by atoms with E-state index in [0.29, 0.717) is 5.82 Å². The molecule has 38 heavy (non-hydrogen) atoms. The van der Waals surface area contributed by atoms with E-state index in [1.807, 2.05) is 37.5 Å². The summed E-state index contributed by atoms with van der Waals surface area (Å²) in [5.41, 5.74) is 8.16. The SMILES string of the molecule is C=C/C=C(/c1cccc(F)c1)c1nc(-c2n[nH]c3ccc(-c4cncc(CN5CCCC5)c4)cc23)[nH]c1C. The van der Waals surface area contributed by atoms with Gasteiger partial charge in [-0.15, -0.1) is 0 Å². The zero-order valence-corrected chi connectivity index (χ0v) is 21.3.